The quantitative estimate of drug-likeness (QED) is 0.613. The summed E-state index contributed by atoms with van der Waals surface area (Å²) >= 11 is 5.78. The number of hydrogen-bond donors (Lipinski definition) is 1. The van der Waals surface area contributed by atoms with Crippen LogP contribution in [0.3, 0.4) is 0 Å². The number of rotatable bonds is 4. The molecule has 1 amide bonds. The average Bonchev–Trinajstić information content (AvgIpc) is 2.54. The third kappa shape index (κ3) is 4.57. The van der Waals surface area contributed by atoms with Crippen molar-refractivity contribution in [3.8, 4) is 0 Å². The zero-order chi connectivity index (χ0) is 18.8. The summed E-state index contributed by atoms with van der Waals surface area (Å²) in [5.74, 6) is -0.382. The first-order chi connectivity index (χ1) is 11.6. The van der Waals surface area contributed by atoms with E-state index in [4.69, 9.17) is 11.6 Å². The normalized spacial score (nSPS) is 12.5. The van der Waals surface area contributed by atoms with Gasteiger partial charge < -0.3 is 5.32 Å². The molecule has 0 fully saturated rings. The van der Waals surface area contributed by atoms with E-state index in [1.165, 1.54) is 23.8 Å². The van der Waals surface area contributed by atoms with Gasteiger partial charge in [-0.05, 0) is 35.6 Å². The first kappa shape index (κ1) is 18.9. The molecule has 0 unspecified atom stereocenters. The van der Waals surface area contributed by atoms with E-state index in [0.717, 1.165) is 5.56 Å². The van der Waals surface area contributed by atoms with E-state index in [-0.39, 0.29) is 33.6 Å². The topological polar surface area (TPSA) is 72.2 Å². The van der Waals surface area contributed by atoms with Crippen molar-refractivity contribution in [1.82, 2.24) is 5.32 Å². The number of halogens is 1. The summed E-state index contributed by atoms with van der Waals surface area (Å²) in [5.41, 5.74) is 2.16. The molecule has 132 valence electrons. The third-order valence-corrected chi connectivity index (χ3v) is 4.35. The molecule has 6 heteroatoms. The molecule has 0 aromatic heterocycles. The van der Waals surface area contributed by atoms with Crippen LogP contribution in [0.2, 0.25) is 5.02 Å². The van der Waals surface area contributed by atoms with Crippen LogP contribution in [0.15, 0.2) is 42.5 Å². The highest BCUT2D eigenvalue weighted by atomic mass is 35.5. The number of hydrogen-bond acceptors (Lipinski definition) is 3. The Balaban J connectivity index is 2.15. The Labute approximate surface area is 152 Å². The largest absolute Gasteiger partial charge is 0.346 e. The minimum Gasteiger partial charge on any atom is -0.346 e. The number of nitrogens with one attached hydrogen (secondary N) is 1. The number of nitro groups is 1. The zero-order valence-corrected chi connectivity index (χ0v) is 15.4. The maximum absolute atomic E-state index is 12.4. The number of amides is 1. The lowest BCUT2D eigenvalue weighted by Gasteiger charge is -2.20. The van der Waals surface area contributed by atoms with Gasteiger partial charge in [0.1, 0.15) is 5.02 Å². The highest BCUT2D eigenvalue weighted by Gasteiger charge is 2.18. The molecule has 1 atom stereocenters. The number of carbonyl (C=O) groups is 1. The molecule has 0 bridgehead atoms. The molecule has 0 aliphatic carbocycles. The fraction of sp³-hybridized carbons (Fsp3) is 0.316. The highest BCUT2D eigenvalue weighted by molar-refractivity contribution is 6.32. The van der Waals surface area contributed by atoms with E-state index in [9.17, 15) is 14.9 Å². The number of nitrogens with zero attached hydrogens (tertiary/aromatic N) is 1. The molecule has 25 heavy (non-hydrogen) atoms. The summed E-state index contributed by atoms with van der Waals surface area (Å²) in [5, 5.41) is 13.8. The highest BCUT2D eigenvalue weighted by Crippen LogP contribution is 2.26. The molecular weight excluding hydrogens is 340 g/mol. The summed E-state index contributed by atoms with van der Waals surface area (Å²) in [6, 6.07) is 11.9. The third-order valence-electron chi connectivity index (χ3n) is 4.03. The van der Waals surface area contributed by atoms with Crippen LogP contribution in [0.1, 0.15) is 55.2 Å². The molecule has 0 heterocycles. The fourth-order valence-electron chi connectivity index (χ4n) is 2.43. The van der Waals surface area contributed by atoms with Gasteiger partial charge in [-0.15, -0.1) is 0 Å². The molecule has 2 aromatic rings. The van der Waals surface area contributed by atoms with Gasteiger partial charge in [-0.25, -0.2) is 0 Å². The maximum atomic E-state index is 12.4. The van der Waals surface area contributed by atoms with Crippen molar-refractivity contribution in [2.75, 3.05) is 0 Å². The van der Waals surface area contributed by atoms with Crippen molar-refractivity contribution >= 4 is 23.2 Å². The smallest absolute Gasteiger partial charge is 0.288 e. The standard InChI is InChI=1S/C19H21ClN2O3/c1-12(13-5-8-15(9-6-13)19(2,3)4)21-18(23)14-7-10-16(20)17(11-14)22(24)25/h5-12H,1-4H3,(H,21,23)/t12-/m0/s1. The summed E-state index contributed by atoms with van der Waals surface area (Å²) < 4.78 is 0. The predicted octanol–water partition coefficient (Wildman–Crippen LogP) is 5.04. The lowest BCUT2D eigenvalue weighted by molar-refractivity contribution is -0.384. The monoisotopic (exact) mass is 360 g/mol. The molecule has 0 aliphatic heterocycles. The van der Waals surface area contributed by atoms with Crippen LogP contribution in [-0.4, -0.2) is 10.8 Å². The Hall–Kier alpha value is -2.40. The molecule has 0 radical (unpaired) electrons. The maximum Gasteiger partial charge on any atom is 0.288 e. The van der Waals surface area contributed by atoms with E-state index < -0.39 is 4.92 Å². The van der Waals surface area contributed by atoms with Crippen molar-refractivity contribution in [2.45, 2.75) is 39.2 Å². The molecule has 1 N–H and O–H groups in total. The molecule has 0 aliphatic rings. The van der Waals surface area contributed by atoms with Crippen molar-refractivity contribution in [3.63, 3.8) is 0 Å². The molecule has 0 saturated carbocycles. The Morgan fingerprint density at radius 3 is 2.28 bits per heavy atom. The van der Waals surface area contributed by atoms with Gasteiger partial charge >= 0.3 is 0 Å². The molecule has 0 saturated heterocycles. The van der Waals surface area contributed by atoms with Crippen molar-refractivity contribution < 1.29 is 9.72 Å². The zero-order valence-electron chi connectivity index (χ0n) is 14.7. The van der Waals surface area contributed by atoms with Gasteiger partial charge in [0.2, 0.25) is 0 Å². The van der Waals surface area contributed by atoms with E-state index in [2.05, 4.69) is 26.1 Å². The summed E-state index contributed by atoms with van der Waals surface area (Å²) in [6.45, 7) is 8.29. The first-order valence-corrected chi connectivity index (χ1v) is 8.32. The van der Waals surface area contributed by atoms with Gasteiger partial charge in [0.25, 0.3) is 11.6 Å². The molecular formula is C19H21ClN2O3. The van der Waals surface area contributed by atoms with Crippen LogP contribution in [0, 0.1) is 10.1 Å². The Bertz CT molecular complexity index is 795. The van der Waals surface area contributed by atoms with Gasteiger partial charge in [-0.1, -0.05) is 56.6 Å². The van der Waals surface area contributed by atoms with Gasteiger partial charge in [-0.2, -0.15) is 0 Å². The van der Waals surface area contributed by atoms with Crippen LogP contribution in [0.4, 0.5) is 5.69 Å². The Morgan fingerprint density at radius 1 is 1.16 bits per heavy atom. The minimum atomic E-state index is -0.603. The first-order valence-electron chi connectivity index (χ1n) is 7.95. The minimum absolute atomic E-state index is 0.00682. The molecule has 2 aromatic carbocycles. The Kier molecular flexibility index (Phi) is 5.48. The second-order valence-corrected chi connectivity index (χ2v) is 7.40. The van der Waals surface area contributed by atoms with E-state index in [1.807, 2.05) is 31.2 Å². The lowest BCUT2D eigenvalue weighted by atomic mass is 9.86. The van der Waals surface area contributed by atoms with Crippen molar-refractivity contribution in [1.29, 1.82) is 0 Å². The van der Waals surface area contributed by atoms with Gasteiger partial charge in [0.05, 0.1) is 11.0 Å². The van der Waals surface area contributed by atoms with Gasteiger partial charge in [0, 0.05) is 11.6 Å². The van der Waals surface area contributed by atoms with Crippen LogP contribution >= 0.6 is 11.6 Å². The Morgan fingerprint density at radius 2 is 1.76 bits per heavy atom. The van der Waals surface area contributed by atoms with Crippen molar-refractivity contribution in [2.24, 2.45) is 0 Å². The molecule has 5 nitrogen and oxygen atoms in total. The van der Waals surface area contributed by atoms with Crippen LogP contribution in [-0.2, 0) is 5.41 Å². The second kappa shape index (κ2) is 7.23. The average molecular weight is 361 g/mol. The summed E-state index contributed by atoms with van der Waals surface area (Å²) in [6.07, 6.45) is 0. The second-order valence-electron chi connectivity index (χ2n) is 6.99. The van der Waals surface area contributed by atoms with Gasteiger partial charge in [-0.3, -0.25) is 14.9 Å². The molecule has 0 spiro atoms. The number of carbonyl (C=O) groups excluding carboxylic acids is 1. The van der Waals surface area contributed by atoms with Crippen LogP contribution in [0.25, 0.3) is 0 Å². The lowest BCUT2D eigenvalue weighted by Crippen LogP contribution is -2.26. The number of nitro benzene ring substituents is 1. The van der Waals surface area contributed by atoms with Crippen LogP contribution in [0.5, 0.6) is 0 Å². The van der Waals surface area contributed by atoms with Crippen LogP contribution < -0.4 is 5.32 Å². The fourth-order valence-corrected chi connectivity index (χ4v) is 2.62. The summed E-state index contributed by atoms with van der Waals surface area (Å²) in [4.78, 5) is 22.7. The van der Waals surface area contributed by atoms with Crippen molar-refractivity contribution in [3.05, 3.63) is 74.3 Å². The van der Waals surface area contributed by atoms with E-state index in [1.54, 1.807) is 0 Å². The van der Waals surface area contributed by atoms with E-state index >= 15 is 0 Å². The number of benzene rings is 2. The van der Waals surface area contributed by atoms with Gasteiger partial charge in [0.15, 0.2) is 0 Å². The predicted molar refractivity (Wildman–Crippen MR) is 99.1 cm³/mol. The SMILES string of the molecule is C[C@H](NC(=O)c1ccc(Cl)c([N+](=O)[O-])c1)c1ccc(C(C)(C)C)cc1. The summed E-state index contributed by atoms with van der Waals surface area (Å²) in [7, 11) is 0. The molecule has 2 rings (SSSR count). The van der Waals surface area contributed by atoms with E-state index in [0.29, 0.717) is 0 Å².